The second-order valence-electron chi connectivity index (χ2n) is 8.03. The average Bonchev–Trinajstić information content (AvgIpc) is 3.21. The van der Waals surface area contributed by atoms with Gasteiger partial charge in [0.25, 0.3) is 5.91 Å². The van der Waals surface area contributed by atoms with Gasteiger partial charge in [-0.05, 0) is 62.1 Å². The van der Waals surface area contributed by atoms with Crippen molar-refractivity contribution in [2.24, 2.45) is 0 Å². The van der Waals surface area contributed by atoms with E-state index in [9.17, 15) is 18.8 Å². The van der Waals surface area contributed by atoms with Gasteiger partial charge in [0, 0.05) is 17.5 Å². The molecule has 180 valence electrons. The minimum atomic E-state index is -1.21. The predicted octanol–water partition coefficient (Wildman–Crippen LogP) is 4.91. The molecular formula is C26H23ClFN3O4. The van der Waals surface area contributed by atoms with E-state index < -0.39 is 29.8 Å². The number of hydrogen-bond donors (Lipinski definition) is 2. The molecule has 0 fully saturated rings. The summed E-state index contributed by atoms with van der Waals surface area (Å²) in [7, 11) is 0. The highest BCUT2D eigenvalue weighted by atomic mass is 35.5. The fourth-order valence-corrected chi connectivity index (χ4v) is 4.24. The smallest absolute Gasteiger partial charge is 0.339 e. The Labute approximate surface area is 206 Å². The molecule has 0 aliphatic heterocycles. The molecule has 35 heavy (non-hydrogen) atoms. The quantitative estimate of drug-likeness (QED) is 0.490. The third-order valence-corrected chi connectivity index (χ3v) is 6.02. The first-order valence-corrected chi connectivity index (χ1v) is 11.5. The Morgan fingerprint density at radius 1 is 1.17 bits per heavy atom. The first kappa shape index (κ1) is 24.3. The zero-order valence-corrected chi connectivity index (χ0v) is 19.9. The number of ether oxygens (including phenoxy) is 1. The second-order valence-corrected chi connectivity index (χ2v) is 8.44. The molecule has 2 aromatic carbocycles. The Bertz CT molecular complexity index is 1350. The van der Waals surface area contributed by atoms with Crippen molar-refractivity contribution in [3.8, 4) is 0 Å². The monoisotopic (exact) mass is 495 g/mol. The van der Waals surface area contributed by atoms with Crippen LogP contribution in [0.1, 0.15) is 47.4 Å². The maximum atomic E-state index is 14.4. The number of pyridine rings is 1. The lowest BCUT2D eigenvalue weighted by Gasteiger charge is -2.16. The van der Waals surface area contributed by atoms with Crippen molar-refractivity contribution in [3.63, 3.8) is 0 Å². The molecule has 0 radical (unpaired) electrons. The third kappa shape index (κ3) is 5.02. The number of carbonyl (C=O) groups excluding carboxylic acids is 3. The lowest BCUT2D eigenvalue weighted by molar-refractivity contribution is -0.127. The van der Waals surface area contributed by atoms with E-state index >= 15 is 0 Å². The molecule has 0 bridgehead atoms. The van der Waals surface area contributed by atoms with Crippen LogP contribution in [0.4, 0.5) is 9.18 Å². The molecule has 1 aliphatic rings. The lowest BCUT2D eigenvalue weighted by atomic mass is 10.0. The van der Waals surface area contributed by atoms with Gasteiger partial charge in [0.2, 0.25) is 0 Å². The summed E-state index contributed by atoms with van der Waals surface area (Å²) in [5.41, 5.74) is 3.08. The number of hydrogen-bond acceptors (Lipinski definition) is 5. The fraction of sp³-hybridized carbons (Fsp3) is 0.231. The number of nitrogens with one attached hydrogen (secondary N) is 2. The molecule has 7 nitrogen and oxygen atoms in total. The van der Waals surface area contributed by atoms with Gasteiger partial charge in [-0.3, -0.25) is 10.1 Å². The number of imide groups is 1. The maximum Gasteiger partial charge on any atom is 0.339 e. The van der Waals surface area contributed by atoms with E-state index in [-0.39, 0.29) is 10.6 Å². The number of halogens is 2. The van der Waals surface area contributed by atoms with Crippen molar-refractivity contribution in [1.29, 1.82) is 0 Å². The number of amides is 3. The van der Waals surface area contributed by atoms with Crippen LogP contribution in [-0.2, 0) is 16.0 Å². The van der Waals surface area contributed by atoms with Gasteiger partial charge in [0.1, 0.15) is 5.82 Å². The van der Waals surface area contributed by atoms with Gasteiger partial charge in [-0.25, -0.2) is 19.0 Å². The highest BCUT2D eigenvalue weighted by Crippen LogP contribution is 2.38. The van der Waals surface area contributed by atoms with Gasteiger partial charge in [0.15, 0.2) is 6.10 Å². The molecule has 1 aliphatic carbocycles. The van der Waals surface area contributed by atoms with Gasteiger partial charge in [0.05, 0.1) is 21.8 Å². The summed E-state index contributed by atoms with van der Waals surface area (Å²) in [6, 6.07) is 10.9. The van der Waals surface area contributed by atoms with Crippen LogP contribution in [0.2, 0.25) is 5.02 Å². The topological polar surface area (TPSA) is 97.4 Å². The van der Waals surface area contributed by atoms with Crippen LogP contribution in [0.25, 0.3) is 22.6 Å². The summed E-state index contributed by atoms with van der Waals surface area (Å²) in [4.78, 5) is 42.0. The normalized spacial score (nSPS) is 14.5. The summed E-state index contributed by atoms with van der Waals surface area (Å²) < 4.78 is 19.9. The minimum absolute atomic E-state index is 0.256. The van der Waals surface area contributed by atoms with E-state index in [1.807, 2.05) is 0 Å². The Kier molecular flexibility index (Phi) is 7.12. The van der Waals surface area contributed by atoms with Crippen molar-refractivity contribution in [3.05, 3.63) is 75.7 Å². The number of rotatable bonds is 5. The minimum Gasteiger partial charge on any atom is -0.449 e. The third-order valence-electron chi connectivity index (χ3n) is 5.69. The van der Waals surface area contributed by atoms with E-state index in [1.54, 1.807) is 43.3 Å². The summed E-state index contributed by atoms with van der Waals surface area (Å²) in [6.07, 6.45) is 1.45. The number of aromatic nitrogens is 1. The molecule has 1 aromatic heterocycles. The number of para-hydroxylation sites is 1. The SMILES string of the molecule is CCNC(=O)NC(=O)C(C)OC(=O)c1c2c(nc3ccccc13)C(=Cc1c(F)cccc1Cl)CC2. The van der Waals surface area contributed by atoms with Gasteiger partial charge in [-0.15, -0.1) is 0 Å². The molecule has 0 saturated carbocycles. The molecule has 1 heterocycles. The molecule has 2 N–H and O–H groups in total. The molecule has 0 saturated heterocycles. The zero-order valence-electron chi connectivity index (χ0n) is 19.2. The van der Waals surface area contributed by atoms with Crippen LogP contribution in [0, 0.1) is 5.82 Å². The highest BCUT2D eigenvalue weighted by Gasteiger charge is 2.30. The molecule has 4 rings (SSSR count). The first-order chi connectivity index (χ1) is 16.8. The van der Waals surface area contributed by atoms with Crippen molar-refractivity contribution in [2.75, 3.05) is 6.54 Å². The van der Waals surface area contributed by atoms with Crippen LogP contribution in [-0.4, -0.2) is 35.5 Å². The van der Waals surface area contributed by atoms with Crippen molar-refractivity contribution < 1.29 is 23.5 Å². The molecule has 3 amide bonds. The summed E-state index contributed by atoms with van der Waals surface area (Å²) in [5, 5.41) is 5.44. The Hall–Kier alpha value is -3.78. The molecular weight excluding hydrogens is 473 g/mol. The standard InChI is InChI=1S/C26H23ClFN3O4/c1-3-29-26(34)31-24(32)14(2)35-25(33)22-16-7-4-5-10-21(16)30-23-15(11-12-17(22)23)13-18-19(27)8-6-9-20(18)28/h4-10,13-14H,3,11-12H2,1-2H3,(H2,29,31,32,34). The van der Waals surface area contributed by atoms with E-state index in [0.29, 0.717) is 47.1 Å². The summed E-state index contributed by atoms with van der Waals surface area (Å²) in [5.74, 6) is -1.90. The predicted molar refractivity (Wildman–Crippen MR) is 131 cm³/mol. The van der Waals surface area contributed by atoms with Crippen molar-refractivity contribution >= 4 is 52.1 Å². The lowest BCUT2D eigenvalue weighted by Crippen LogP contribution is -2.44. The summed E-state index contributed by atoms with van der Waals surface area (Å²) in [6.45, 7) is 3.45. The van der Waals surface area contributed by atoms with Crippen LogP contribution in [0.3, 0.4) is 0 Å². The maximum absolute atomic E-state index is 14.4. The zero-order chi connectivity index (χ0) is 25.1. The number of fused-ring (bicyclic) bond motifs is 2. The molecule has 1 atom stereocenters. The Balaban J connectivity index is 1.72. The largest absolute Gasteiger partial charge is 0.449 e. The molecule has 3 aromatic rings. The van der Waals surface area contributed by atoms with Gasteiger partial charge in [-0.2, -0.15) is 0 Å². The van der Waals surface area contributed by atoms with Gasteiger partial charge >= 0.3 is 12.0 Å². The number of carbonyl (C=O) groups is 3. The summed E-state index contributed by atoms with van der Waals surface area (Å²) >= 11 is 6.21. The van der Waals surface area contributed by atoms with E-state index in [2.05, 4.69) is 10.6 Å². The highest BCUT2D eigenvalue weighted by molar-refractivity contribution is 6.32. The molecule has 0 spiro atoms. The number of esters is 1. The molecule has 1 unspecified atom stereocenters. The van der Waals surface area contributed by atoms with Gasteiger partial charge in [-0.1, -0.05) is 35.9 Å². The fourth-order valence-electron chi connectivity index (χ4n) is 4.03. The van der Waals surface area contributed by atoms with Crippen LogP contribution in [0.15, 0.2) is 42.5 Å². The van der Waals surface area contributed by atoms with Crippen LogP contribution >= 0.6 is 11.6 Å². The Morgan fingerprint density at radius 3 is 2.69 bits per heavy atom. The number of allylic oxidation sites excluding steroid dienone is 1. The van der Waals surface area contributed by atoms with Gasteiger partial charge < -0.3 is 10.1 Å². The van der Waals surface area contributed by atoms with E-state index in [4.69, 9.17) is 21.3 Å². The average molecular weight is 496 g/mol. The second kappa shape index (κ2) is 10.2. The van der Waals surface area contributed by atoms with E-state index in [0.717, 1.165) is 5.57 Å². The van der Waals surface area contributed by atoms with Crippen molar-refractivity contribution in [2.45, 2.75) is 32.8 Å². The van der Waals surface area contributed by atoms with Crippen LogP contribution in [0.5, 0.6) is 0 Å². The first-order valence-electron chi connectivity index (χ1n) is 11.2. The number of benzene rings is 2. The van der Waals surface area contributed by atoms with E-state index in [1.165, 1.54) is 19.1 Å². The van der Waals surface area contributed by atoms with Crippen molar-refractivity contribution in [1.82, 2.24) is 15.6 Å². The number of urea groups is 1. The number of nitrogens with zero attached hydrogens (tertiary/aromatic N) is 1. The Morgan fingerprint density at radius 2 is 1.94 bits per heavy atom. The van der Waals surface area contributed by atoms with Crippen LogP contribution < -0.4 is 10.6 Å². The molecule has 9 heteroatoms.